The van der Waals surface area contributed by atoms with Crippen molar-refractivity contribution in [1.29, 1.82) is 0 Å². The van der Waals surface area contributed by atoms with E-state index in [1.54, 1.807) is 18.0 Å². The molecule has 1 fully saturated rings. The highest BCUT2D eigenvalue weighted by Crippen LogP contribution is 2.44. The zero-order valence-electron chi connectivity index (χ0n) is 37.5. The molecule has 1 aliphatic heterocycles. The molecule has 63 heavy (non-hydrogen) atoms. The molecule has 0 saturated carbocycles. The molecule has 0 aliphatic carbocycles. The Labute approximate surface area is 373 Å². The van der Waals surface area contributed by atoms with Crippen LogP contribution in [0.4, 0.5) is 15.0 Å². The number of carbonyl (C=O) groups excluding carboxylic acids is 1. The van der Waals surface area contributed by atoms with Gasteiger partial charge in [-0.25, -0.2) is 9.78 Å². The first kappa shape index (κ1) is 47.0. The molecule has 5 aromatic rings. The minimum absolute atomic E-state index is 0.185. The fourth-order valence-corrected chi connectivity index (χ4v) is 8.78. The van der Waals surface area contributed by atoms with Crippen molar-refractivity contribution >= 4 is 23.1 Å². The van der Waals surface area contributed by atoms with E-state index in [0.29, 0.717) is 17.7 Å². The van der Waals surface area contributed by atoms with E-state index in [-0.39, 0.29) is 30.6 Å². The van der Waals surface area contributed by atoms with E-state index in [9.17, 15) is 4.79 Å². The molecule has 0 bridgehead atoms. The van der Waals surface area contributed by atoms with Crippen LogP contribution in [0.5, 0.6) is 5.75 Å². The zero-order chi connectivity index (χ0) is 44.3. The molecule has 3 atom stereocenters. The minimum atomic E-state index is -1.24. The topological polar surface area (TPSA) is 110 Å². The summed E-state index contributed by atoms with van der Waals surface area (Å²) < 4.78 is 40.3. The SMILES string of the molecule is C#C[C@]1(COC(=O)OCCCCCCCCCCCCCCCCCC)O[C@@H](n2cnc3c(NC(c4ccccc4)(c4ccccc4)c4ccc(OC)cc4)nc(F)nc32)C[C@@H]1C. The molecule has 0 amide bonds. The first-order valence-corrected chi connectivity index (χ1v) is 23.2. The normalized spacial score (nSPS) is 17.4. The van der Waals surface area contributed by atoms with Gasteiger partial charge in [0.05, 0.1) is 20.0 Å². The van der Waals surface area contributed by atoms with Crippen molar-refractivity contribution in [2.24, 2.45) is 5.92 Å². The summed E-state index contributed by atoms with van der Waals surface area (Å²) in [6.07, 6.45) is 26.1. The van der Waals surface area contributed by atoms with Crippen LogP contribution in [0.15, 0.2) is 91.3 Å². The van der Waals surface area contributed by atoms with Crippen molar-refractivity contribution in [1.82, 2.24) is 19.5 Å². The van der Waals surface area contributed by atoms with Crippen molar-refractivity contribution in [3.63, 3.8) is 0 Å². The van der Waals surface area contributed by atoms with E-state index in [1.807, 2.05) is 91.9 Å². The maximum Gasteiger partial charge on any atom is 0.508 e. The van der Waals surface area contributed by atoms with E-state index in [2.05, 4.69) is 28.1 Å². The number of imidazole rings is 1. The van der Waals surface area contributed by atoms with Gasteiger partial charge in [-0.3, -0.25) is 4.57 Å². The summed E-state index contributed by atoms with van der Waals surface area (Å²) in [5, 5.41) is 3.63. The number of anilines is 1. The van der Waals surface area contributed by atoms with Crippen LogP contribution in [0, 0.1) is 24.3 Å². The van der Waals surface area contributed by atoms with Gasteiger partial charge in [-0.05, 0) is 41.7 Å². The minimum Gasteiger partial charge on any atom is -0.497 e. The highest BCUT2D eigenvalue weighted by atomic mass is 19.1. The Hall–Kier alpha value is -5.47. The van der Waals surface area contributed by atoms with Crippen LogP contribution in [-0.4, -0.2) is 51.6 Å². The number of ether oxygens (including phenoxy) is 4. The Morgan fingerprint density at radius 2 is 1.35 bits per heavy atom. The average Bonchev–Trinajstić information content (AvgIpc) is 3.89. The lowest BCUT2D eigenvalue weighted by molar-refractivity contribution is -0.0824. The molecule has 0 radical (unpaired) electrons. The second-order valence-corrected chi connectivity index (χ2v) is 16.9. The second kappa shape index (κ2) is 23.8. The third-order valence-electron chi connectivity index (χ3n) is 12.5. The van der Waals surface area contributed by atoms with E-state index >= 15 is 4.39 Å². The molecule has 6 rings (SSSR count). The standard InChI is InChI=1S/C52H66FN5O5/c1-5-7-8-9-10-11-12-13-14-15-16-17-18-19-20-27-36-61-50(59)62-38-51(6-2)40(3)37-45(63-51)58-39-54-46-47(55-49(53)56-48(46)58)57-52(41-28-23-21-24-29-41,42-30-25-22-26-31-42)43-32-34-44(60-4)35-33-43/h2,21-26,28-35,39-40,45H,5,7-20,27,36-38H2,1,3-4H3,(H,55,56,57)/t40-,45+,51+/m0/s1. The van der Waals surface area contributed by atoms with Gasteiger partial charge in [-0.2, -0.15) is 14.4 Å². The molecule has 0 spiro atoms. The number of benzene rings is 3. The molecule has 10 nitrogen and oxygen atoms in total. The fraction of sp³-hybridized carbons (Fsp3) is 0.500. The summed E-state index contributed by atoms with van der Waals surface area (Å²) in [5.41, 5.74) is 0.921. The van der Waals surface area contributed by atoms with Crippen molar-refractivity contribution in [2.45, 2.75) is 140 Å². The van der Waals surface area contributed by atoms with Crippen LogP contribution >= 0.6 is 0 Å². The second-order valence-electron chi connectivity index (χ2n) is 16.9. The molecule has 11 heteroatoms. The lowest BCUT2D eigenvalue weighted by atomic mass is 9.77. The number of hydrogen-bond donors (Lipinski definition) is 1. The highest BCUT2D eigenvalue weighted by Gasteiger charge is 2.48. The van der Waals surface area contributed by atoms with Gasteiger partial charge in [0.25, 0.3) is 0 Å². The van der Waals surface area contributed by atoms with Gasteiger partial charge in [0.1, 0.15) is 24.1 Å². The van der Waals surface area contributed by atoms with E-state index < -0.39 is 29.6 Å². The lowest BCUT2D eigenvalue weighted by Gasteiger charge is -2.37. The predicted molar refractivity (Wildman–Crippen MR) is 247 cm³/mol. The Morgan fingerprint density at radius 3 is 1.89 bits per heavy atom. The number of terminal acetylenes is 1. The highest BCUT2D eigenvalue weighted by molar-refractivity contribution is 5.84. The number of halogens is 1. The number of fused-ring (bicyclic) bond motifs is 1. The largest absolute Gasteiger partial charge is 0.508 e. The lowest BCUT2D eigenvalue weighted by Crippen LogP contribution is -2.39. The van der Waals surface area contributed by atoms with Crippen LogP contribution in [-0.2, 0) is 19.7 Å². The molecule has 1 aliphatic rings. The van der Waals surface area contributed by atoms with Gasteiger partial charge in [0.15, 0.2) is 22.6 Å². The Bertz CT molecular complexity index is 2140. The van der Waals surface area contributed by atoms with Crippen molar-refractivity contribution in [2.75, 3.05) is 25.6 Å². The number of hydrogen-bond acceptors (Lipinski definition) is 9. The van der Waals surface area contributed by atoms with Crippen LogP contribution in [0.3, 0.4) is 0 Å². The Kier molecular flexibility index (Phi) is 17.8. The number of carbonyl (C=O) groups is 1. The first-order valence-electron chi connectivity index (χ1n) is 23.2. The summed E-state index contributed by atoms with van der Waals surface area (Å²) in [7, 11) is 1.62. The summed E-state index contributed by atoms with van der Waals surface area (Å²) in [6.45, 7) is 4.30. The molecule has 1 saturated heterocycles. The van der Waals surface area contributed by atoms with Gasteiger partial charge in [0, 0.05) is 5.92 Å². The summed E-state index contributed by atoms with van der Waals surface area (Å²) in [5.74, 6) is 3.40. The Balaban J connectivity index is 1.04. The van der Waals surface area contributed by atoms with Gasteiger partial charge < -0.3 is 24.3 Å². The van der Waals surface area contributed by atoms with E-state index in [1.165, 1.54) is 83.5 Å². The zero-order valence-corrected chi connectivity index (χ0v) is 37.5. The van der Waals surface area contributed by atoms with Crippen LogP contribution in [0.1, 0.15) is 146 Å². The third-order valence-corrected chi connectivity index (χ3v) is 12.5. The molecular weight excluding hydrogens is 794 g/mol. The van der Waals surface area contributed by atoms with E-state index in [4.69, 9.17) is 30.4 Å². The van der Waals surface area contributed by atoms with Crippen LogP contribution in [0.25, 0.3) is 11.2 Å². The number of unbranched alkanes of at least 4 members (excludes halogenated alkanes) is 15. The smallest absolute Gasteiger partial charge is 0.497 e. The monoisotopic (exact) mass is 860 g/mol. The fourth-order valence-electron chi connectivity index (χ4n) is 8.78. The predicted octanol–water partition coefficient (Wildman–Crippen LogP) is 12.7. The van der Waals surface area contributed by atoms with Gasteiger partial charge in [-0.1, -0.05) is 189 Å². The molecular formula is C52H66FN5O5. The number of nitrogens with zero attached hydrogens (tertiary/aromatic N) is 4. The molecule has 3 aromatic carbocycles. The average molecular weight is 860 g/mol. The number of methoxy groups -OCH3 is 1. The third kappa shape index (κ3) is 12.2. The summed E-state index contributed by atoms with van der Waals surface area (Å²) in [4.78, 5) is 25.9. The van der Waals surface area contributed by atoms with Crippen LogP contribution < -0.4 is 10.1 Å². The van der Waals surface area contributed by atoms with Crippen LogP contribution in [0.2, 0.25) is 0 Å². The molecule has 0 unspecified atom stereocenters. The molecule has 336 valence electrons. The van der Waals surface area contributed by atoms with Crippen molar-refractivity contribution in [3.8, 4) is 18.1 Å². The summed E-state index contributed by atoms with van der Waals surface area (Å²) >= 11 is 0. The maximum absolute atomic E-state index is 15.7. The number of rotatable bonds is 26. The van der Waals surface area contributed by atoms with Crippen molar-refractivity contribution in [3.05, 3.63) is 114 Å². The molecule has 3 heterocycles. The van der Waals surface area contributed by atoms with Gasteiger partial charge in [0.2, 0.25) is 0 Å². The Morgan fingerprint density at radius 1 is 0.810 bits per heavy atom. The molecule has 2 aromatic heterocycles. The van der Waals surface area contributed by atoms with E-state index in [0.717, 1.165) is 36.0 Å². The summed E-state index contributed by atoms with van der Waals surface area (Å²) in [6, 6.07) is 27.6. The van der Waals surface area contributed by atoms with Gasteiger partial charge >= 0.3 is 12.2 Å². The number of aromatic nitrogens is 4. The molecule has 1 N–H and O–H groups in total. The van der Waals surface area contributed by atoms with Crippen molar-refractivity contribution < 1.29 is 28.1 Å². The maximum atomic E-state index is 15.7. The number of nitrogens with one attached hydrogen (secondary N) is 1. The quantitative estimate of drug-likeness (QED) is 0.0191. The van der Waals surface area contributed by atoms with Gasteiger partial charge in [-0.15, -0.1) is 6.42 Å². The first-order chi connectivity index (χ1) is 30.8.